The number of benzene rings is 2. The number of rotatable bonds is 5. The second kappa shape index (κ2) is 6.16. The van der Waals surface area contributed by atoms with Crippen LogP contribution in [0.4, 0.5) is 0 Å². The van der Waals surface area contributed by atoms with E-state index in [2.05, 4.69) is 5.32 Å². The van der Waals surface area contributed by atoms with Crippen molar-refractivity contribution in [3.05, 3.63) is 65.7 Å². The number of aromatic hydroxyl groups is 1. The molecule has 98 valence electrons. The largest absolute Gasteiger partial charge is 0.508 e. The molecule has 0 fully saturated rings. The van der Waals surface area contributed by atoms with Crippen LogP contribution in [0.3, 0.4) is 0 Å². The van der Waals surface area contributed by atoms with Crippen LogP contribution in [0.5, 0.6) is 5.75 Å². The van der Waals surface area contributed by atoms with Gasteiger partial charge in [-0.3, -0.25) is 4.79 Å². The Bertz CT molecular complexity index is 552. The SMILES string of the molecule is CNC(Cc1ccccc1)C(=O)c1cccc(O)c1. The molecule has 0 amide bonds. The predicted molar refractivity (Wildman–Crippen MR) is 75.4 cm³/mol. The van der Waals surface area contributed by atoms with Crippen LogP contribution in [0.25, 0.3) is 0 Å². The second-order valence-corrected chi connectivity index (χ2v) is 4.45. The summed E-state index contributed by atoms with van der Waals surface area (Å²) < 4.78 is 0. The number of carbonyl (C=O) groups excluding carboxylic acids is 1. The van der Waals surface area contributed by atoms with Crippen molar-refractivity contribution in [1.82, 2.24) is 5.32 Å². The van der Waals surface area contributed by atoms with E-state index >= 15 is 0 Å². The molecule has 2 rings (SSSR count). The second-order valence-electron chi connectivity index (χ2n) is 4.45. The van der Waals surface area contributed by atoms with Gasteiger partial charge in [-0.25, -0.2) is 0 Å². The highest BCUT2D eigenvalue weighted by molar-refractivity contribution is 6.00. The smallest absolute Gasteiger partial charge is 0.180 e. The normalized spacial score (nSPS) is 12.1. The minimum Gasteiger partial charge on any atom is -0.508 e. The first kappa shape index (κ1) is 13.3. The number of hydrogen-bond acceptors (Lipinski definition) is 3. The molecule has 2 aromatic rings. The zero-order valence-electron chi connectivity index (χ0n) is 10.8. The lowest BCUT2D eigenvalue weighted by Gasteiger charge is -2.15. The summed E-state index contributed by atoms with van der Waals surface area (Å²) in [4.78, 5) is 12.4. The van der Waals surface area contributed by atoms with Gasteiger partial charge in [0.1, 0.15) is 5.75 Å². The Morgan fingerprint density at radius 2 is 1.89 bits per heavy atom. The number of hydrogen-bond donors (Lipinski definition) is 2. The Labute approximate surface area is 112 Å². The molecule has 0 heterocycles. The summed E-state index contributed by atoms with van der Waals surface area (Å²) >= 11 is 0. The molecule has 2 N–H and O–H groups in total. The third-order valence-electron chi connectivity index (χ3n) is 3.08. The maximum Gasteiger partial charge on any atom is 0.180 e. The molecule has 0 spiro atoms. The molecule has 0 radical (unpaired) electrons. The van der Waals surface area contributed by atoms with Crippen molar-refractivity contribution >= 4 is 5.78 Å². The Morgan fingerprint density at radius 3 is 2.53 bits per heavy atom. The number of Topliss-reactive ketones (excluding diaryl/α,β-unsaturated/α-hetero) is 1. The van der Waals surface area contributed by atoms with Gasteiger partial charge >= 0.3 is 0 Å². The van der Waals surface area contributed by atoms with Crippen LogP contribution in [0.15, 0.2) is 54.6 Å². The first-order valence-corrected chi connectivity index (χ1v) is 6.25. The summed E-state index contributed by atoms with van der Waals surface area (Å²) in [7, 11) is 1.77. The summed E-state index contributed by atoms with van der Waals surface area (Å²) in [6, 6.07) is 16.0. The summed E-state index contributed by atoms with van der Waals surface area (Å²) in [5.41, 5.74) is 1.63. The third-order valence-corrected chi connectivity index (χ3v) is 3.08. The topological polar surface area (TPSA) is 49.3 Å². The van der Waals surface area contributed by atoms with Crippen LogP contribution in [0.2, 0.25) is 0 Å². The number of nitrogens with one attached hydrogen (secondary N) is 1. The minimum atomic E-state index is -0.288. The van der Waals surface area contributed by atoms with Gasteiger partial charge in [-0.15, -0.1) is 0 Å². The molecule has 0 aliphatic rings. The van der Waals surface area contributed by atoms with E-state index in [4.69, 9.17) is 0 Å². The molecule has 0 saturated carbocycles. The van der Waals surface area contributed by atoms with Crippen LogP contribution in [-0.2, 0) is 6.42 Å². The molecule has 3 nitrogen and oxygen atoms in total. The molecule has 19 heavy (non-hydrogen) atoms. The Balaban J connectivity index is 2.16. The van der Waals surface area contributed by atoms with Crippen molar-refractivity contribution < 1.29 is 9.90 Å². The van der Waals surface area contributed by atoms with Crippen LogP contribution >= 0.6 is 0 Å². The van der Waals surface area contributed by atoms with Gasteiger partial charge in [-0.1, -0.05) is 42.5 Å². The monoisotopic (exact) mass is 255 g/mol. The molecule has 0 aromatic heterocycles. The lowest BCUT2D eigenvalue weighted by Crippen LogP contribution is -2.36. The van der Waals surface area contributed by atoms with Gasteiger partial charge in [0.25, 0.3) is 0 Å². The molecule has 0 bridgehead atoms. The highest BCUT2D eigenvalue weighted by atomic mass is 16.3. The molecule has 0 saturated heterocycles. The van der Waals surface area contributed by atoms with E-state index in [1.165, 1.54) is 6.07 Å². The summed E-state index contributed by atoms with van der Waals surface area (Å²) in [5.74, 6) is 0.0997. The van der Waals surface area contributed by atoms with Crippen molar-refractivity contribution in [2.75, 3.05) is 7.05 Å². The van der Waals surface area contributed by atoms with E-state index in [0.717, 1.165) is 5.56 Å². The lowest BCUT2D eigenvalue weighted by molar-refractivity contribution is 0.0946. The molecule has 1 atom stereocenters. The number of phenols is 1. The first-order chi connectivity index (χ1) is 9.20. The number of likely N-dealkylation sites (N-methyl/N-ethyl adjacent to an activating group) is 1. The van der Waals surface area contributed by atoms with Crippen molar-refractivity contribution in [3.8, 4) is 5.75 Å². The van der Waals surface area contributed by atoms with Gasteiger partial charge in [0.2, 0.25) is 0 Å². The average Bonchev–Trinajstić information content (AvgIpc) is 2.45. The molecule has 2 aromatic carbocycles. The van der Waals surface area contributed by atoms with Gasteiger partial charge in [0.15, 0.2) is 5.78 Å². The van der Waals surface area contributed by atoms with Crippen molar-refractivity contribution in [2.24, 2.45) is 0 Å². The Morgan fingerprint density at radius 1 is 1.16 bits per heavy atom. The van der Waals surface area contributed by atoms with Crippen molar-refractivity contribution in [2.45, 2.75) is 12.5 Å². The minimum absolute atomic E-state index is 0.0118. The Hall–Kier alpha value is -2.13. The summed E-state index contributed by atoms with van der Waals surface area (Å²) in [6.45, 7) is 0. The van der Waals surface area contributed by atoms with Gasteiger partial charge in [-0.05, 0) is 31.2 Å². The van der Waals surface area contributed by atoms with E-state index in [9.17, 15) is 9.90 Å². The lowest BCUT2D eigenvalue weighted by atomic mass is 9.97. The van der Waals surface area contributed by atoms with E-state index < -0.39 is 0 Å². The molecule has 0 aliphatic carbocycles. The standard InChI is InChI=1S/C16H17NO2/c1-17-15(10-12-6-3-2-4-7-12)16(19)13-8-5-9-14(18)11-13/h2-9,11,15,17-18H,10H2,1H3. The fraction of sp³-hybridized carbons (Fsp3) is 0.188. The summed E-state index contributed by atoms with van der Waals surface area (Å²) in [5, 5.41) is 12.5. The van der Waals surface area contributed by atoms with Crippen molar-refractivity contribution in [3.63, 3.8) is 0 Å². The fourth-order valence-corrected chi connectivity index (χ4v) is 2.04. The van der Waals surface area contributed by atoms with Crippen LogP contribution in [-0.4, -0.2) is 24.0 Å². The van der Waals surface area contributed by atoms with Crippen LogP contribution in [0.1, 0.15) is 15.9 Å². The van der Waals surface area contributed by atoms with Gasteiger partial charge in [0, 0.05) is 5.56 Å². The zero-order valence-corrected chi connectivity index (χ0v) is 10.8. The third kappa shape index (κ3) is 3.42. The summed E-state index contributed by atoms with van der Waals surface area (Å²) in [6.07, 6.45) is 0.631. The number of ketones is 1. The van der Waals surface area contributed by atoms with Gasteiger partial charge in [-0.2, -0.15) is 0 Å². The van der Waals surface area contributed by atoms with E-state index in [-0.39, 0.29) is 17.6 Å². The van der Waals surface area contributed by atoms with Crippen LogP contribution in [0, 0.1) is 0 Å². The molecular formula is C16H17NO2. The first-order valence-electron chi connectivity index (χ1n) is 6.25. The highest BCUT2D eigenvalue weighted by Crippen LogP contribution is 2.14. The van der Waals surface area contributed by atoms with E-state index in [1.54, 1.807) is 25.2 Å². The van der Waals surface area contributed by atoms with Crippen molar-refractivity contribution in [1.29, 1.82) is 0 Å². The molecule has 3 heteroatoms. The molecule has 1 unspecified atom stereocenters. The average molecular weight is 255 g/mol. The maximum absolute atomic E-state index is 12.4. The van der Waals surface area contributed by atoms with Gasteiger partial charge < -0.3 is 10.4 Å². The highest BCUT2D eigenvalue weighted by Gasteiger charge is 2.18. The molecular weight excluding hydrogens is 238 g/mol. The quantitative estimate of drug-likeness (QED) is 0.807. The fourth-order valence-electron chi connectivity index (χ4n) is 2.04. The van der Waals surface area contributed by atoms with Crippen LogP contribution < -0.4 is 5.32 Å². The number of carbonyl (C=O) groups is 1. The Kier molecular flexibility index (Phi) is 4.31. The predicted octanol–water partition coefficient (Wildman–Crippen LogP) is 2.41. The maximum atomic E-state index is 12.4. The zero-order chi connectivity index (χ0) is 13.7. The van der Waals surface area contributed by atoms with Gasteiger partial charge in [0.05, 0.1) is 6.04 Å². The van der Waals surface area contributed by atoms with E-state index in [1.807, 2.05) is 30.3 Å². The van der Waals surface area contributed by atoms with E-state index in [0.29, 0.717) is 12.0 Å². The number of phenolic OH excluding ortho intramolecular Hbond substituents is 1. The molecule has 0 aliphatic heterocycles.